The maximum atomic E-state index is 12.7. The summed E-state index contributed by atoms with van der Waals surface area (Å²) in [6.45, 7) is 5.50. The van der Waals surface area contributed by atoms with E-state index < -0.39 is 0 Å². The van der Waals surface area contributed by atoms with E-state index in [2.05, 4.69) is 28.0 Å². The van der Waals surface area contributed by atoms with Gasteiger partial charge in [0, 0.05) is 51.0 Å². The number of carbonyl (C=O) groups is 1. The number of amides is 1. The zero-order valence-electron chi connectivity index (χ0n) is 13.8. The fraction of sp³-hybridized carbons (Fsp3) is 0.632. The number of nitrogens with zero attached hydrogens (tertiary/aromatic N) is 2. The van der Waals surface area contributed by atoms with Crippen molar-refractivity contribution in [3.05, 3.63) is 29.3 Å². The first-order valence-electron chi connectivity index (χ1n) is 9.04. The normalized spacial score (nSPS) is 22.3. The SMILES string of the molecule is O=C(C1CCOCC1)N1CCc2cc(N3CCCC3)ccc2C1. The van der Waals surface area contributed by atoms with Crippen LogP contribution in [0.3, 0.4) is 0 Å². The van der Waals surface area contributed by atoms with Crippen LogP contribution in [0.25, 0.3) is 0 Å². The third-order valence-electron chi connectivity index (χ3n) is 5.56. The molecular formula is C19H26N2O2. The lowest BCUT2D eigenvalue weighted by Gasteiger charge is -2.33. The quantitative estimate of drug-likeness (QED) is 0.841. The molecule has 1 aromatic rings. The number of hydrogen-bond acceptors (Lipinski definition) is 3. The van der Waals surface area contributed by atoms with E-state index in [9.17, 15) is 4.79 Å². The van der Waals surface area contributed by atoms with E-state index in [1.54, 1.807) is 0 Å². The van der Waals surface area contributed by atoms with E-state index >= 15 is 0 Å². The van der Waals surface area contributed by atoms with Crippen LogP contribution >= 0.6 is 0 Å². The molecule has 4 rings (SSSR count). The Morgan fingerprint density at radius 2 is 1.83 bits per heavy atom. The Bertz CT molecular complexity index is 575. The van der Waals surface area contributed by atoms with Crippen LogP contribution < -0.4 is 4.90 Å². The Balaban J connectivity index is 1.45. The molecule has 1 amide bonds. The lowest BCUT2D eigenvalue weighted by Crippen LogP contribution is -2.41. The second-order valence-electron chi connectivity index (χ2n) is 7.04. The molecule has 23 heavy (non-hydrogen) atoms. The average molecular weight is 314 g/mol. The molecule has 0 unspecified atom stereocenters. The summed E-state index contributed by atoms with van der Waals surface area (Å²) in [4.78, 5) is 17.3. The minimum absolute atomic E-state index is 0.175. The summed E-state index contributed by atoms with van der Waals surface area (Å²) in [6.07, 6.45) is 5.38. The minimum atomic E-state index is 0.175. The molecule has 0 saturated carbocycles. The van der Waals surface area contributed by atoms with Gasteiger partial charge in [0.1, 0.15) is 0 Å². The van der Waals surface area contributed by atoms with Crippen molar-refractivity contribution in [3.8, 4) is 0 Å². The van der Waals surface area contributed by atoms with Gasteiger partial charge in [-0.25, -0.2) is 0 Å². The van der Waals surface area contributed by atoms with Crippen molar-refractivity contribution < 1.29 is 9.53 Å². The first kappa shape index (κ1) is 15.0. The molecule has 0 bridgehead atoms. The second-order valence-corrected chi connectivity index (χ2v) is 7.04. The van der Waals surface area contributed by atoms with Gasteiger partial charge in [0.15, 0.2) is 0 Å². The Hall–Kier alpha value is -1.55. The van der Waals surface area contributed by atoms with Crippen LogP contribution in [0.4, 0.5) is 5.69 Å². The van der Waals surface area contributed by atoms with Crippen molar-refractivity contribution in [2.45, 2.75) is 38.6 Å². The van der Waals surface area contributed by atoms with Crippen LogP contribution in [0.1, 0.15) is 36.8 Å². The van der Waals surface area contributed by atoms with E-state index in [1.807, 2.05) is 0 Å². The van der Waals surface area contributed by atoms with Crippen LogP contribution in [0.5, 0.6) is 0 Å². The summed E-state index contributed by atoms with van der Waals surface area (Å²) in [5, 5.41) is 0. The highest BCUT2D eigenvalue weighted by molar-refractivity contribution is 5.79. The molecule has 1 aromatic carbocycles. The monoisotopic (exact) mass is 314 g/mol. The van der Waals surface area contributed by atoms with Crippen molar-refractivity contribution in [1.82, 2.24) is 4.90 Å². The van der Waals surface area contributed by atoms with Gasteiger partial charge in [-0.2, -0.15) is 0 Å². The fourth-order valence-electron chi connectivity index (χ4n) is 4.10. The molecule has 0 spiro atoms. The van der Waals surface area contributed by atoms with E-state index in [4.69, 9.17) is 4.74 Å². The highest BCUT2D eigenvalue weighted by atomic mass is 16.5. The summed E-state index contributed by atoms with van der Waals surface area (Å²) >= 11 is 0. The lowest BCUT2D eigenvalue weighted by atomic mass is 9.94. The van der Waals surface area contributed by atoms with Gasteiger partial charge in [0.25, 0.3) is 0 Å². The molecule has 0 radical (unpaired) electrons. The van der Waals surface area contributed by atoms with E-state index in [0.29, 0.717) is 5.91 Å². The topological polar surface area (TPSA) is 32.8 Å². The largest absolute Gasteiger partial charge is 0.381 e. The number of hydrogen-bond donors (Lipinski definition) is 0. The molecule has 124 valence electrons. The Labute approximate surface area is 138 Å². The first-order chi connectivity index (χ1) is 11.3. The zero-order chi connectivity index (χ0) is 15.6. The molecule has 0 atom stereocenters. The Morgan fingerprint density at radius 3 is 2.61 bits per heavy atom. The molecule has 3 aliphatic rings. The number of anilines is 1. The van der Waals surface area contributed by atoms with Crippen molar-refractivity contribution >= 4 is 11.6 Å². The number of carbonyl (C=O) groups excluding carboxylic acids is 1. The van der Waals surface area contributed by atoms with Gasteiger partial charge in [0.2, 0.25) is 5.91 Å². The van der Waals surface area contributed by atoms with Crippen LogP contribution in [0, 0.1) is 5.92 Å². The van der Waals surface area contributed by atoms with Crippen LogP contribution in [0.15, 0.2) is 18.2 Å². The van der Waals surface area contributed by atoms with Gasteiger partial charge in [-0.05, 0) is 55.4 Å². The minimum Gasteiger partial charge on any atom is -0.381 e. The van der Waals surface area contributed by atoms with Gasteiger partial charge < -0.3 is 14.5 Å². The predicted molar refractivity (Wildman–Crippen MR) is 90.6 cm³/mol. The highest BCUT2D eigenvalue weighted by Crippen LogP contribution is 2.28. The molecule has 4 heteroatoms. The number of rotatable bonds is 2. The maximum Gasteiger partial charge on any atom is 0.226 e. The second kappa shape index (κ2) is 6.52. The van der Waals surface area contributed by atoms with Gasteiger partial charge in [-0.3, -0.25) is 4.79 Å². The molecular weight excluding hydrogens is 288 g/mol. The smallest absolute Gasteiger partial charge is 0.226 e. The Kier molecular flexibility index (Phi) is 4.25. The molecule has 0 N–H and O–H groups in total. The molecule has 0 aromatic heterocycles. The van der Waals surface area contributed by atoms with Crippen LogP contribution in [0.2, 0.25) is 0 Å². The van der Waals surface area contributed by atoms with E-state index in [0.717, 1.165) is 45.6 Å². The molecule has 3 aliphatic heterocycles. The van der Waals surface area contributed by atoms with E-state index in [1.165, 1.54) is 42.7 Å². The summed E-state index contributed by atoms with van der Waals surface area (Å²) in [5.41, 5.74) is 4.13. The molecule has 0 aliphatic carbocycles. The Morgan fingerprint density at radius 1 is 1.04 bits per heavy atom. The molecule has 2 fully saturated rings. The average Bonchev–Trinajstić information content (AvgIpc) is 3.15. The van der Waals surface area contributed by atoms with Gasteiger partial charge in [0.05, 0.1) is 0 Å². The van der Waals surface area contributed by atoms with Gasteiger partial charge >= 0.3 is 0 Å². The summed E-state index contributed by atoms with van der Waals surface area (Å²) < 4.78 is 5.38. The van der Waals surface area contributed by atoms with Crippen molar-refractivity contribution in [2.24, 2.45) is 5.92 Å². The zero-order valence-corrected chi connectivity index (χ0v) is 13.8. The number of ether oxygens (including phenoxy) is 1. The predicted octanol–water partition coefficient (Wildman–Crippen LogP) is 2.60. The summed E-state index contributed by atoms with van der Waals surface area (Å²) in [6, 6.07) is 6.84. The van der Waals surface area contributed by atoms with Crippen LogP contribution in [-0.2, 0) is 22.5 Å². The van der Waals surface area contributed by atoms with E-state index in [-0.39, 0.29) is 5.92 Å². The van der Waals surface area contributed by atoms with Crippen molar-refractivity contribution in [1.29, 1.82) is 0 Å². The lowest BCUT2D eigenvalue weighted by molar-refractivity contribution is -0.139. The molecule has 3 heterocycles. The molecule has 4 nitrogen and oxygen atoms in total. The van der Waals surface area contributed by atoms with Gasteiger partial charge in [-0.15, -0.1) is 0 Å². The first-order valence-corrected chi connectivity index (χ1v) is 9.04. The number of benzene rings is 1. The third-order valence-corrected chi connectivity index (χ3v) is 5.56. The standard InChI is InChI=1S/C19H26N2O2/c22-19(15-6-11-23-12-7-15)21-10-5-16-13-18(4-3-17(16)14-21)20-8-1-2-9-20/h3-4,13,15H,1-2,5-12,14H2. The highest BCUT2D eigenvalue weighted by Gasteiger charge is 2.29. The van der Waals surface area contributed by atoms with Crippen molar-refractivity contribution in [3.63, 3.8) is 0 Å². The maximum absolute atomic E-state index is 12.7. The number of fused-ring (bicyclic) bond motifs is 1. The summed E-state index contributed by atoms with van der Waals surface area (Å²) in [5.74, 6) is 0.511. The third kappa shape index (κ3) is 3.09. The summed E-state index contributed by atoms with van der Waals surface area (Å²) in [7, 11) is 0. The van der Waals surface area contributed by atoms with Gasteiger partial charge in [-0.1, -0.05) is 6.07 Å². The fourth-order valence-corrected chi connectivity index (χ4v) is 4.10. The molecule has 2 saturated heterocycles. The van der Waals surface area contributed by atoms with Crippen molar-refractivity contribution in [2.75, 3.05) is 37.7 Å². The van der Waals surface area contributed by atoms with Crippen LogP contribution in [-0.4, -0.2) is 43.7 Å².